The van der Waals surface area contributed by atoms with Gasteiger partial charge in [-0.2, -0.15) is 0 Å². The van der Waals surface area contributed by atoms with Gasteiger partial charge in [0.25, 0.3) is 0 Å². The third-order valence-corrected chi connectivity index (χ3v) is 11.7. The van der Waals surface area contributed by atoms with Crippen LogP contribution in [0.2, 0.25) is 0 Å². The zero-order valence-electron chi connectivity index (χ0n) is 25.4. The van der Waals surface area contributed by atoms with E-state index >= 15 is 0 Å². The van der Waals surface area contributed by atoms with Gasteiger partial charge in [-0.25, -0.2) is 9.59 Å². The van der Waals surface area contributed by atoms with E-state index in [0.29, 0.717) is 18.9 Å². The lowest BCUT2D eigenvalue weighted by atomic mass is 9.48. The van der Waals surface area contributed by atoms with Crippen molar-refractivity contribution >= 4 is 29.7 Å². The standard InChI is InChI=1S/C31H49NO8S/c1-8-29(6)27(38)20(5)31-14-13-19(4)30(7,28(29)40-24(36)18-41-16-15-32(9-2)10-3)26(31)25(37)21(17-31)39-23(35)12-11-22(33)34/h8,11-12,19-21,25-28,37-38H,1,9-10,13-18H2,2-7H3,(H,33,34)/b12-11+/t19?,20-,21?,25?,26-,27-,28+,29-,30+,31-/m0/s1. The highest BCUT2D eigenvalue weighted by atomic mass is 32.2. The number of aliphatic hydroxyl groups excluding tert-OH is 2. The van der Waals surface area contributed by atoms with Crippen molar-refractivity contribution in [1.82, 2.24) is 4.90 Å². The third-order valence-electron chi connectivity index (χ3n) is 10.8. The minimum atomic E-state index is -1.27. The molecule has 41 heavy (non-hydrogen) atoms. The zero-order chi connectivity index (χ0) is 30.8. The Morgan fingerprint density at radius 3 is 2.34 bits per heavy atom. The molecule has 0 radical (unpaired) electrons. The molecule has 0 saturated heterocycles. The molecule has 3 aliphatic rings. The molecule has 0 spiro atoms. The SMILES string of the molecule is C=C[C@]1(C)[C@@H](OC(=O)CSCCN(CC)CC)[C@]2(C)C(C)CC[C@]3(CC(OC(=O)/C=C/C(=O)O)C(O)[C@H]32)[C@@H](C)[C@@H]1O. The monoisotopic (exact) mass is 595 g/mol. The number of carboxylic acids is 1. The quantitative estimate of drug-likeness (QED) is 0.133. The van der Waals surface area contributed by atoms with Crippen molar-refractivity contribution in [2.45, 2.75) is 85.2 Å². The predicted octanol–water partition coefficient (Wildman–Crippen LogP) is 3.53. The Bertz CT molecular complexity index is 1020. The smallest absolute Gasteiger partial charge is 0.331 e. The van der Waals surface area contributed by atoms with Crippen LogP contribution in [0.15, 0.2) is 24.8 Å². The molecule has 0 aliphatic heterocycles. The van der Waals surface area contributed by atoms with E-state index in [-0.39, 0.29) is 23.6 Å². The average molecular weight is 596 g/mol. The van der Waals surface area contributed by atoms with Crippen LogP contribution < -0.4 is 0 Å². The van der Waals surface area contributed by atoms with Gasteiger partial charge in [0.15, 0.2) is 0 Å². The molecule has 3 aliphatic carbocycles. The summed E-state index contributed by atoms with van der Waals surface area (Å²) in [5.74, 6) is -2.27. The van der Waals surface area contributed by atoms with Crippen molar-refractivity contribution < 1.29 is 39.2 Å². The molecule has 9 nitrogen and oxygen atoms in total. The van der Waals surface area contributed by atoms with Crippen LogP contribution in [0.4, 0.5) is 0 Å². The van der Waals surface area contributed by atoms with E-state index in [1.54, 1.807) is 6.08 Å². The first-order valence-electron chi connectivity index (χ1n) is 14.8. The van der Waals surface area contributed by atoms with Crippen molar-refractivity contribution in [2.24, 2.45) is 34.0 Å². The number of thioether (sulfide) groups is 1. The molecule has 0 amide bonds. The number of carbonyl (C=O) groups is 3. The number of nitrogens with zero attached hydrogens (tertiary/aromatic N) is 1. The van der Waals surface area contributed by atoms with Crippen LogP contribution in [0.1, 0.15) is 60.8 Å². The molecule has 3 N–H and O–H groups in total. The maximum absolute atomic E-state index is 13.4. The zero-order valence-corrected chi connectivity index (χ0v) is 26.2. The van der Waals surface area contributed by atoms with Crippen LogP contribution in [0.5, 0.6) is 0 Å². The summed E-state index contributed by atoms with van der Waals surface area (Å²) in [5, 5.41) is 32.6. The number of hydrogen-bond donors (Lipinski definition) is 3. The number of esters is 2. The molecular weight excluding hydrogens is 546 g/mol. The lowest BCUT2D eigenvalue weighted by molar-refractivity contribution is -0.194. The summed E-state index contributed by atoms with van der Waals surface area (Å²) < 4.78 is 12.0. The molecule has 3 fully saturated rings. The highest BCUT2D eigenvalue weighted by molar-refractivity contribution is 7.99. The summed E-state index contributed by atoms with van der Waals surface area (Å²) in [4.78, 5) is 39.0. The van der Waals surface area contributed by atoms with Gasteiger partial charge in [0.05, 0.1) is 18.0 Å². The first-order valence-corrected chi connectivity index (χ1v) is 16.0. The van der Waals surface area contributed by atoms with E-state index in [1.807, 2.05) is 20.8 Å². The Hall–Kier alpha value is -1.88. The van der Waals surface area contributed by atoms with E-state index < -0.39 is 58.5 Å². The highest BCUT2D eigenvalue weighted by Crippen LogP contribution is 2.71. The summed E-state index contributed by atoms with van der Waals surface area (Å²) >= 11 is 1.52. The van der Waals surface area contributed by atoms with Gasteiger partial charge in [0, 0.05) is 41.2 Å². The van der Waals surface area contributed by atoms with Gasteiger partial charge in [-0.3, -0.25) is 4.79 Å². The minimum absolute atomic E-state index is 0.0153. The van der Waals surface area contributed by atoms with Crippen LogP contribution in [0.3, 0.4) is 0 Å². The van der Waals surface area contributed by atoms with E-state index in [2.05, 4.69) is 32.3 Å². The molecule has 3 unspecified atom stereocenters. The maximum atomic E-state index is 13.4. The van der Waals surface area contributed by atoms with Crippen molar-refractivity contribution in [2.75, 3.05) is 31.1 Å². The van der Waals surface area contributed by atoms with Crippen molar-refractivity contribution in [3.8, 4) is 0 Å². The van der Waals surface area contributed by atoms with E-state index in [1.165, 1.54) is 11.8 Å². The van der Waals surface area contributed by atoms with Gasteiger partial charge >= 0.3 is 17.9 Å². The fourth-order valence-electron chi connectivity index (χ4n) is 8.30. The van der Waals surface area contributed by atoms with Crippen molar-refractivity contribution in [3.63, 3.8) is 0 Å². The van der Waals surface area contributed by atoms with Crippen LogP contribution in [0.25, 0.3) is 0 Å². The fourth-order valence-corrected chi connectivity index (χ4v) is 9.06. The van der Waals surface area contributed by atoms with Crippen LogP contribution in [-0.2, 0) is 23.9 Å². The van der Waals surface area contributed by atoms with E-state index in [0.717, 1.165) is 37.9 Å². The topological polar surface area (TPSA) is 134 Å². The lowest BCUT2D eigenvalue weighted by Crippen LogP contribution is -2.59. The first kappa shape index (κ1) is 33.6. The summed E-state index contributed by atoms with van der Waals surface area (Å²) in [7, 11) is 0. The summed E-state index contributed by atoms with van der Waals surface area (Å²) in [5.41, 5.74) is -2.35. The number of rotatable bonds is 12. The largest absolute Gasteiger partial charge is 0.478 e. The minimum Gasteiger partial charge on any atom is -0.478 e. The third kappa shape index (κ3) is 6.12. The molecule has 10 atom stereocenters. The number of ether oxygens (including phenoxy) is 2. The van der Waals surface area contributed by atoms with E-state index in [4.69, 9.17) is 14.6 Å². The number of carboxylic acid groups (broad SMARTS) is 1. The highest BCUT2D eigenvalue weighted by Gasteiger charge is 2.73. The second-order valence-electron chi connectivity index (χ2n) is 12.6. The second kappa shape index (κ2) is 13.2. The first-order chi connectivity index (χ1) is 19.2. The molecule has 232 valence electrons. The lowest BCUT2D eigenvalue weighted by Gasteiger charge is -2.57. The van der Waals surface area contributed by atoms with E-state index in [9.17, 15) is 24.6 Å². The summed E-state index contributed by atoms with van der Waals surface area (Å²) in [6, 6.07) is 0. The van der Waals surface area contributed by atoms with Gasteiger partial charge in [-0.05, 0) is 49.6 Å². The molecule has 0 heterocycles. The normalized spacial score (nSPS) is 40.2. The molecule has 2 bridgehead atoms. The molecule has 3 rings (SSSR count). The van der Waals surface area contributed by atoms with Crippen LogP contribution in [-0.4, -0.2) is 93.7 Å². The molecule has 10 heteroatoms. The van der Waals surface area contributed by atoms with Gasteiger partial charge < -0.3 is 29.7 Å². The summed E-state index contributed by atoms with van der Waals surface area (Å²) in [6.07, 6.45) is 1.38. The van der Waals surface area contributed by atoms with Gasteiger partial charge in [0.1, 0.15) is 12.2 Å². The Morgan fingerprint density at radius 1 is 1.10 bits per heavy atom. The Kier molecular flexibility index (Phi) is 10.8. The molecular formula is C31H49NO8S. The molecule has 0 aromatic carbocycles. The molecule has 0 aromatic rings. The van der Waals surface area contributed by atoms with Gasteiger partial charge in [-0.15, -0.1) is 18.3 Å². The number of hydrogen-bond acceptors (Lipinski definition) is 9. The van der Waals surface area contributed by atoms with Crippen LogP contribution >= 0.6 is 11.8 Å². The molecule has 3 saturated carbocycles. The second-order valence-corrected chi connectivity index (χ2v) is 13.7. The Balaban J connectivity index is 1.96. The number of aliphatic hydroxyl groups is 2. The number of carbonyl (C=O) groups excluding carboxylic acids is 2. The van der Waals surface area contributed by atoms with Crippen molar-refractivity contribution in [1.29, 1.82) is 0 Å². The van der Waals surface area contributed by atoms with Gasteiger partial charge in [-0.1, -0.05) is 47.6 Å². The fraction of sp³-hybridized carbons (Fsp3) is 0.774. The maximum Gasteiger partial charge on any atom is 0.331 e. The number of aliphatic carboxylic acids is 1. The predicted molar refractivity (Wildman–Crippen MR) is 158 cm³/mol. The Morgan fingerprint density at radius 2 is 1.76 bits per heavy atom. The van der Waals surface area contributed by atoms with Crippen LogP contribution in [0, 0.1) is 34.0 Å². The summed E-state index contributed by atoms with van der Waals surface area (Å²) in [6.45, 7) is 19.0. The van der Waals surface area contributed by atoms with Gasteiger partial charge in [0.2, 0.25) is 0 Å². The average Bonchev–Trinajstić information content (AvgIpc) is 3.22. The van der Waals surface area contributed by atoms with Crippen molar-refractivity contribution in [3.05, 3.63) is 24.8 Å². The Labute approximate surface area is 248 Å². The molecule has 0 aromatic heterocycles.